The first-order valence-electron chi connectivity index (χ1n) is 7.36. The van der Waals surface area contributed by atoms with Crippen molar-refractivity contribution in [1.29, 1.82) is 0 Å². The van der Waals surface area contributed by atoms with Crippen LogP contribution in [0.3, 0.4) is 0 Å². The highest BCUT2D eigenvalue weighted by Gasteiger charge is 2.30. The van der Waals surface area contributed by atoms with Crippen molar-refractivity contribution in [3.8, 4) is 5.75 Å². The summed E-state index contributed by atoms with van der Waals surface area (Å²) in [6.45, 7) is 2.17. The molecule has 0 saturated heterocycles. The first-order chi connectivity index (χ1) is 9.53. The van der Waals surface area contributed by atoms with Crippen molar-refractivity contribution < 1.29 is 13.5 Å². The number of hydrogen-bond donors (Lipinski definition) is 0. The minimum absolute atomic E-state index is 0.202. The zero-order chi connectivity index (χ0) is 14.8. The van der Waals surface area contributed by atoms with Gasteiger partial charge in [-0.3, -0.25) is 0 Å². The lowest BCUT2D eigenvalue weighted by molar-refractivity contribution is -0.181. The Labute approximate surface area is 134 Å². The predicted octanol–water partition coefficient (Wildman–Crippen LogP) is 6.40. The molecular formula is C16H23F2IO. The van der Waals surface area contributed by atoms with Crippen LogP contribution < -0.4 is 4.74 Å². The summed E-state index contributed by atoms with van der Waals surface area (Å²) in [5, 5.41) is 0. The number of rotatable bonds is 10. The van der Waals surface area contributed by atoms with Crippen LogP contribution in [0.2, 0.25) is 0 Å². The Morgan fingerprint density at radius 3 is 2.10 bits per heavy atom. The molecule has 0 aromatic heterocycles. The van der Waals surface area contributed by atoms with E-state index in [0.717, 1.165) is 22.8 Å². The third kappa shape index (κ3) is 8.02. The number of hydrogen-bond acceptors (Lipinski definition) is 1. The van der Waals surface area contributed by atoms with Crippen molar-refractivity contribution in [2.24, 2.45) is 0 Å². The van der Waals surface area contributed by atoms with Gasteiger partial charge in [0.25, 0.3) is 0 Å². The van der Waals surface area contributed by atoms with Gasteiger partial charge >= 0.3 is 6.11 Å². The van der Waals surface area contributed by atoms with Crippen LogP contribution in [0, 0.1) is 3.57 Å². The molecule has 0 radical (unpaired) electrons. The summed E-state index contributed by atoms with van der Waals surface area (Å²) in [5.74, 6) is 0.235. The molecule has 0 heterocycles. The second-order valence-corrected chi connectivity index (χ2v) is 6.31. The first kappa shape index (κ1) is 17.7. The summed E-state index contributed by atoms with van der Waals surface area (Å²) >= 11 is 2.13. The van der Waals surface area contributed by atoms with E-state index in [1.54, 1.807) is 24.3 Å². The second kappa shape index (κ2) is 9.53. The van der Waals surface area contributed by atoms with Crippen LogP contribution >= 0.6 is 22.6 Å². The maximum atomic E-state index is 13.6. The van der Waals surface area contributed by atoms with Gasteiger partial charge in [0.05, 0.1) is 6.42 Å². The number of benzene rings is 1. The van der Waals surface area contributed by atoms with Crippen molar-refractivity contribution in [2.75, 3.05) is 0 Å². The normalized spacial score (nSPS) is 11.6. The molecule has 1 rings (SSSR count). The molecule has 0 spiro atoms. The molecule has 0 N–H and O–H groups in total. The van der Waals surface area contributed by atoms with Crippen LogP contribution in [0.4, 0.5) is 8.78 Å². The Hall–Kier alpha value is -0.390. The summed E-state index contributed by atoms with van der Waals surface area (Å²) in [4.78, 5) is 0. The highest BCUT2D eigenvalue weighted by atomic mass is 127. The van der Waals surface area contributed by atoms with Gasteiger partial charge in [0, 0.05) is 3.57 Å². The Morgan fingerprint density at radius 1 is 0.950 bits per heavy atom. The fraction of sp³-hybridized carbons (Fsp3) is 0.625. The lowest BCUT2D eigenvalue weighted by Gasteiger charge is -2.18. The molecule has 0 aliphatic rings. The van der Waals surface area contributed by atoms with Gasteiger partial charge in [-0.05, 0) is 53.3 Å². The van der Waals surface area contributed by atoms with Gasteiger partial charge in [0.1, 0.15) is 5.75 Å². The quantitative estimate of drug-likeness (QED) is 0.328. The minimum atomic E-state index is -3.06. The van der Waals surface area contributed by atoms with Crippen LogP contribution in [0.25, 0.3) is 0 Å². The van der Waals surface area contributed by atoms with E-state index in [4.69, 9.17) is 4.74 Å². The fourth-order valence-corrected chi connectivity index (χ4v) is 2.37. The average molecular weight is 396 g/mol. The zero-order valence-electron chi connectivity index (χ0n) is 12.0. The monoisotopic (exact) mass is 396 g/mol. The van der Waals surface area contributed by atoms with Crippen LogP contribution in [0.5, 0.6) is 5.75 Å². The number of unbranched alkanes of at least 4 members (excludes halogenated alkanes) is 6. The van der Waals surface area contributed by atoms with E-state index in [1.165, 1.54) is 19.3 Å². The number of alkyl halides is 2. The van der Waals surface area contributed by atoms with Crippen molar-refractivity contribution in [3.05, 3.63) is 27.8 Å². The number of halogens is 3. The smallest absolute Gasteiger partial charge is 0.397 e. The number of ether oxygens (including phenoxy) is 1. The molecule has 1 aromatic carbocycles. The molecule has 0 amide bonds. The Kier molecular flexibility index (Phi) is 8.41. The third-order valence-electron chi connectivity index (χ3n) is 3.15. The van der Waals surface area contributed by atoms with Crippen LogP contribution in [-0.4, -0.2) is 6.11 Å². The molecule has 0 unspecified atom stereocenters. The summed E-state index contributed by atoms with van der Waals surface area (Å²) in [5.41, 5.74) is 0. The molecule has 0 aliphatic heterocycles. The van der Waals surface area contributed by atoms with Gasteiger partial charge in [-0.1, -0.05) is 45.4 Å². The van der Waals surface area contributed by atoms with Gasteiger partial charge in [-0.2, -0.15) is 8.78 Å². The molecule has 0 bridgehead atoms. The van der Waals surface area contributed by atoms with Crippen LogP contribution in [0.15, 0.2) is 24.3 Å². The average Bonchev–Trinajstić information content (AvgIpc) is 2.40. The lowest BCUT2D eigenvalue weighted by Crippen LogP contribution is -2.24. The van der Waals surface area contributed by atoms with E-state index < -0.39 is 6.11 Å². The lowest BCUT2D eigenvalue weighted by atomic mass is 10.1. The largest absolute Gasteiger partial charge is 0.433 e. The SMILES string of the molecule is CCCCCCCCCC(F)(F)Oc1ccc(I)cc1. The summed E-state index contributed by atoms with van der Waals surface area (Å²) < 4.78 is 33.0. The standard InChI is InChI=1S/C16H23F2IO/c1-2-3-4-5-6-7-8-13-16(17,18)20-15-11-9-14(19)10-12-15/h9-12H,2-8,13H2,1H3. The zero-order valence-corrected chi connectivity index (χ0v) is 14.2. The topological polar surface area (TPSA) is 9.23 Å². The molecule has 1 nitrogen and oxygen atoms in total. The van der Waals surface area contributed by atoms with E-state index in [2.05, 4.69) is 29.5 Å². The van der Waals surface area contributed by atoms with Crippen LogP contribution in [-0.2, 0) is 0 Å². The van der Waals surface area contributed by atoms with E-state index >= 15 is 0 Å². The minimum Gasteiger partial charge on any atom is -0.433 e. The maximum Gasteiger partial charge on any atom is 0.397 e. The summed E-state index contributed by atoms with van der Waals surface area (Å²) in [6, 6.07) is 6.69. The molecule has 4 heteroatoms. The summed E-state index contributed by atoms with van der Waals surface area (Å²) in [7, 11) is 0. The molecular weight excluding hydrogens is 373 g/mol. The van der Waals surface area contributed by atoms with Crippen LogP contribution in [0.1, 0.15) is 58.3 Å². The highest BCUT2D eigenvalue weighted by molar-refractivity contribution is 14.1. The van der Waals surface area contributed by atoms with E-state index in [-0.39, 0.29) is 12.2 Å². The molecule has 114 valence electrons. The Balaban J connectivity index is 2.19. The van der Waals surface area contributed by atoms with Crippen molar-refractivity contribution >= 4 is 22.6 Å². The van der Waals surface area contributed by atoms with Gasteiger partial charge in [0.15, 0.2) is 0 Å². The fourth-order valence-electron chi connectivity index (χ4n) is 2.01. The Morgan fingerprint density at radius 2 is 1.50 bits per heavy atom. The van der Waals surface area contributed by atoms with Gasteiger partial charge in [-0.25, -0.2) is 0 Å². The third-order valence-corrected chi connectivity index (χ3v) is 3.87. The molecule has 20 heavy (non-hydrogen) atoms. The van der Waals surface area contributed by atoms with E-state index in [1.807, 2.05) is 0 Å². The predicted molar refractivity (Wildman–Crippen MR) is 87.3 cm³/mol. The van der Waals surface area contributed by atoms with Gasteiger partial charge in [0.2, 0.25) is 0 Å². The maximum absolute atomic E-state index is 13.6. The van der Waals surface area contributed by atoms with Crippen molar-refractivity contribution in [2.45, 2.75) is 64.4 Å². The van der Waals surface area contributed by atoms with Crippen molar-refractivity contribution in [3.63, 3.8) is 0 Å². The second-order valence-electron chi connectivity index (χ2n) is 5.06. The van der Waals surface area contributed by atoms with Gasteiger partial charge < -0.3 is 4.74 Å². The van der Waals surface area contributed by atoms with Crippen molar-refractivity contribution in [1.82, 2.24) is 0 Å². The molecule has 0 saturated carbocycles. The molecule has 0 fully saturated rings. The first-order valence-corrected chi connectivity index (χ1v) is 8.44. The molecule has 0 aliphatic carbocycles. The van der Waals surface area contributed by atoms with E-state index in [0.29, 0.717) is 6.42 Å². The molecule has 0 atom stereocenters. The summed E-state index contributed by atoms with van der Waals surface area (Å²) in [6.07, 6.45) is 3.97. The molecule has 1 aromatic rings. The van der Waals surface area contributed by atoms with Gasteiger partial charge in [-0.15, -0.1) is 0 Å². The Bertz CT molecular complexity index is 365. The van der Waals surface area contributed by atoms with E-state index in [9.17, 15) is 8.78 Å². The highest BCUT2D eigenvalue weighted by Crippen LogP contribution is 2.27.